The van der Waals surface area contributed by atoms with E-state index in [0.717, 1.165) is 28.3 Å². The number of nitrogens with one attached hydrogen (secondary N) is 2. The maximum absolute atomic E-state index is 13.0. The summed E-state index contributed by atoms with van der Waals surface area (Å²) in [7, 11) is 1.63. The van der Waals surface area contributed by atoms with Gasteiger partial charge in [-0.2, -0.15) is 10.5 Å². The molecule has 0 bridgehead atoms. The summed E-state index contributed by atoms with van der Waals surface area (Å²) in [6.07, 6.45) is 3.02. The van der Waals surface area contributed by atoms with Crippen LogP contribution < -0.4 is 15.4 Å². The minimum Gasteiger partial charge on any atom is -0.496 e. The second kappa shape index (κ2) is 14.8. The van der Waals surface area contributed by atoms with Gasteiger partial charge < -0.3 is 15.4 Å². The summed E-state index contributed by atoms with van der Waals surface area (Å²) in [4.78, 5) is 15.8. The molecule has 0 spiro atoms. The molecule has 0 amide bonds. The van der Waals surface area contributed by atoms with Gasteiger partial charge in [-0.1, -0.05) is 35.7 Å². The van der Waals surface area contributed by atoms with E-state index < -0.39 is 0 Å². The summed E-state index contributed by atoms with van der Waals surface area (Å²) >= 11 is 14.4. The Bertz CT molecular complexity index is 1970. The quantitative estimate of drug-likeness (QED) is 0.162. The molecule has 2 aliphatic rings. The van der Waals surface area contributed by atoms with Crippen LogP contribution in [0.15, 0.2) is 93.9 Å². The molecule has 0 saturated heterocycles. The number of rotatable bonds is 5. The Hall–Kier alpha value is -4.85. The van der Waals surface area contributed by atoms with Gasteiger partial charge in [0.15, 0.2) is 0 Å². The number of methoxy groups -OCH3 is 1. The molecule has 0 fully saturated rings. The molecule has 0 radical (unpaired) electrons. The Labute approximate surface area is 276 Å². The third-order valence-electron chi connectivity index (χ3n) is 6.08. The zero-order valence-electron chi connectivity index (χ0n) is 23.1. The third-order valence-corrected chi connectivity index (χ3v) is 8.24. The van der Waals surface area contributed by atoms with Gasteiger partial charge >= 0.3 is 0 Å². The number of hydrogen-bond acceptors (Lipinski definition) is 11. The molecule has 0 atom stereocenters. The van der Waals surface area contributed by atoms with Gasteiger partial charge in [-0.05, 0) is 77.3 Å². The van der Waals surface area contributed by atoms with Crippen LogP contribution in [-0.4, -0.2) is 27.0 Å². The molecule has 2 aromatic heterocycles. The van der Waals surface area contributed by atoms with Crippen molar-refractivity contribution >= 4 is 69.3 Å². The summed E-state index contributed by atoms with van der Waals surface area (Å²) in [5.41, 5.74) is 5.16. The van der Waals surface area contributed by atoms with Crippen molar-refractivity contribution in [1.82, 2.24) is 30.6 Å². The molecule has 4 aromatic rings. The van der Waals surface area contributed by atoms with E-state index in [2.05, 4.69) is 42.7 Å². The van der Waals surface area contributed by atoms with Gasteiger partial charge in [0, 0.05) is 28.8 Å². The normalized spacial score (nSPS) is 15.6. The first-order valence-electron chi connectivity index (χ1n) is 12.8. The van der Waals surface area contributed by atoms with Crippen LogP contribution in [0.1, 0.15) is 22.5 Å². The second-order valence-electron chi connectivity index (χ2n) is 8.81. The molecule has 14 heteroatoms. The molecule has 2 aromatic carbocycles. The van der Waals surface area contributed by atoms with Crippen LogP contribution >= 0.6 is 46.7 Å². The standard InChI is InChI=1S/C16H11ClN4OS.C15H8ClFN4S/c1-22-14-5-3-2-4-10(14)13-9-23-15(20-13)11(8-18)12-6-7-19-16(17)21-12;16-15-19-6-5-12(21-15)11(7-18)14-20-13(8-22-14)9-1-3-10(17)4-2-9/h2-7,9,20H,1H3;1-6,8,20H. The monoisotopic (exact) mass is 672 g/mol. The third kappa shape index (κ3) is 7.63. The lowest BCUT2D eigenvalue weighted by atomic mass is 10.1. The number of hydrogen-bond donors (Lipinski definition) is 2. The molecule has 2 aliphatic heterocycles. The maximum atomic E-state index is 13.0. The number of allylic oxidation sites excluding steroid dienone is 2. The molecule has 9 nitrogen and oxygen atoms in total. The fourth-order valence-electron chi connectivity index (χ4n) is 4.01. The van der Waals surface area contributed by atoms with Gasteiger partial charge in [-0.25, -0.2) is 24.3 Å². The van der Waals surface area contributed by atoms with E-state index in [9.17, 15) is 14.9 Å². The largest absolute Gasteiger partial charge is 0.496 e. The minimum absolute atomic E-state index is 0.0839. The minimum atomic E-state index is -0.292. The first-order chi connectivity index (χ1) is 21.9. The molecule has 45 heavy (non-hydrogen) atoms. The maximum Gasteiger partial charge on any atom is 0.222 e. The molecule has 6 rings (SSSR count). The van der Waals surface area contributed by atoms with Crippen LogP contribution in [0.2, 0.25) is 10.6 Å². The van der Waals surface area contributed by atoms with Crippen LogP contribution in [-0.2, 0) is 0 Å². The Morgan fingerprint density at radius 2 is 1.31 bits per heavy atom. The summed E-state index contributed by atoms with van der Waals surface area (Å²) in [5.74, 6) is 0.468. The number of ether oxygens (including phenoxy) is 1. The van der Waals surface area contributed by atoms with E-state index in [1.165, 1.54) is 48.1 Å². The average Bonchev–Trinajstić information content (AvgIpc) is 3.74. The summed E-state index contributed by atoms with van der Waals surface area (Å²) < 4.78 is 18.3. The predicted molar refractivity (Wildman–Crippen MR) is 176 cm³/mol. The van der Waals surface area contributed by atoms with E-state index in [0.29, 0.717) is 32.6 Å². The smallest absolute Gasteiger partial charge is 0.222 e. The molecule has 4 heterocycles. The van der Waals surface area contributed by atoms with Crippen LogP contribution in [0.3, 0.4) is 0 Å². The summed E-state index contributed by atoms with van der Waals surface area (Å²) in [6.45, 7) is 0. The van der Waals surface area contributed by atoms with Crippen molar-refractivity contribution in [2.75, 3.05) is 7.11 Å². The number of nitriles is 2. The fraction of sp³-hybridized carbons (Fsp3) is 0.0323. The van der Waals surface area contributed by atoms with Crippen molar-refractivity contribution in [3.05, 3.63) is 133 Å². The van der Waals surface area contributed by atoms with E-state index in [4.69, 9.17) is 27.9 Å². The Balaban J connectivity index is 0.000000178. The SMILES string of the molecule is COc1ccccc1C1=CSC(=C(C#N)c2ccnc(Cl)n2)N1.N#CC(=C1NC(c2ccc(F)cc2)=CS1)c1ccnc(Cl)n1. The fourth-order valence-corrected chi connectivity index (χ4v) is 6.03. The highest BCUT2D eigenvalue weighted by Gasteiger charge is 2.21. The van der Waals surface area contributed by atoms with Gasteiger partial charge in [0.2, 0.25) is 10.6 Å². The van der Waals surface area contributed by atoms with Crippen molar-refractivity contribution in [1.29, 1.82) is 10.5 Å². The molecule has 0 aliphatic carbocycles. The zero-order chi connectivity index (χ0) is 31.8. The number of benzene rings is 2. The molecule has 0 saturated carbocycles. The molecule has 0 unspecified atom stereocenters. The van der Waals surface area contributed by atoms with E-state index in [1.807, 2.05) is 35.1 Å². The van der Waals surface area contributed by atoms with Crippen molar-refractivity contribution < 1.29 is 9.13 Å². The highest BCUT2D eigenvalue weighted by molar-refractivity contribution is 8.06. The predicted octanol–water partition coefficient (Wildman–Crippen LogP) is 7.46. The van der Waals surface area contributed by atoms with Gasteiger partial charge in [0.1, 0.15) is 34.9 Å². The number of nitrogens with zero attached hydrogens (tertiary/aromatic N) is 6. The van der Waals surface area contributed by atoms with E-state index in [1.54, 1.807) is 31.4 Å². The summed E-state index contributed by atoms with van der Waals surface area (Å²) in [6, 6.07) is 21.4. The van der Waals surface area contributed by atoms with Gasteiger partial charge in [-0.3, -0.25) is 0 Å². The van der Waals surface area contributed by atoms with Crippen molar-refractivity contribution in [2.24, 2.45) is 0 Å². The van der Waals surface area contributed by atoms with E-state index >= 15 is 0 Å². The lowest BCUT2D eigenvalue weighted by molar-refractivity contribution is 0.413. The lowest BCUT2D eigenvalue weighted by Gasteiger charge is -2.10. The van der Waals surface area contributed by atoms with Crippen LogP contribution in [0, 0.1) is 28.5 Å². The van der Waals surface area contributed by atoms with Crippen molar-refractivity contribution in [2.45, 2.75) is 0 Å². The first kappa shape index (κ1) is 31.6. The van der Waals surface area contributed by atoms with Crippen LogP contribution in [0.4, 0.5) is 4.39 Å². The number of aromatic nitrogens is 4. The Kier molecular flexibility index (Phi) is 10.3. The topological polar surface area (TPSA) is 132 Å². The van der Waals surface area contributed by atoms with Crippen molar-refractivity contribution in [3.63, 3.8) is 0 Å². The highest BCUT2D eigenvalue weighted by atomic mass is 35.5. The van der Waals surface area contributed by atoms with Gasteiger partial charge in [-0.15, -0.1) is 0 Å². The first-order valence-corrected chi connectivity index (χ1v) is 15.3. The number of halogens is 3. The highest BCUT2D eigenvalue weighted by Crippen LogP contribution is 2.37. The van der Waals surface area contributed by atoms with Crippen molar-refractivity contribution in [3.8, 4) is 17.9 Å². The molecule has 2 N–H and O–H groups in total. The summed E-state index contributed by atoms with van der Waals surface area (Å²) in [5, 5.41) is 30.6. The molecule has 222 valence electrons. The van der Waals surface area contributed by atoms with Crippen LogP contribution in [0.5, 0.6) is 5.75 Å². The second-order valence-corrected chi connectivity index (χ2v) is 11.2. The number of para-hydroxylation sites is 1. The van der Waals surface area contributed by atoms with Gasteiger partial charge in [0.25, 0.3) is 0 Å². The Morgan fingerprint density at radius 1 is 0.778 bits per heavy atom. The Morgan fingerprint density at radius 3 is 1.84 bits per heavy atom. The molecular formula is C31H19Cl2FN8OS2. The number of thioether (sulfide) groups is 2. The average molecular weight is 674 g/mol. The van der Waals surface area contributed by atoms with Crippen LogP contribution in [0.25, 0.3) is 22.5 Å². The molecular weight excluding hydrogens is 654 g/mol. The van der Waals surface area contributed by atoms with Gasteiger partial charge in [0.05, 0.1) is 39.9 Å². The zero-order valence-corrected chi connectivity index (χ0v) is 26.3. The van der Waals surface area contributed by atoms with E-state index in [-0.39, 0.29) is 16.4 Å². The lowest BCUT2D eigenvalue weighted by Crippen LogP contribution is -2.08.